The van der Waals surface area contributed by atoms with Crippen molar-refractivity contribution in [1.82, 2.24) is 9.97 Å². The number of aromatic nitrogens is 2. The average Bonchev–Trinajstić information content (AvgIpc) is 2.30. The topological polar surface area (TPSA) is 51.8 Å². The lowest BCUT2D eigenvalue weighted by Gasteiger charge is -2.01. The van der Waals surface area contributed by atoms with Gasteiger partial charge < -0.3 is 5.73 Å². The fourth-order valence-corrected chi connectivity index (χ4v) is 2.44. The van der Waals surface area contributed by atoms with E-state index in [2.05, 4.69) is 25.9 Å². The molecule has 0 bridgehead atoms. The van der Waals surface area contributed by atoms with Crippen LogP contribution in [0.1, 0.15) is 5.56 Å². The third kappa shape index (κ3) is 3.04. The van der Waals surface area contributed by atoms with E-state index in [0.29, 0.717) is 6.54 Å². The van der Waals surface area contributed by atoms with Gasteiger partial charge in [-0.1, -0.05) is 22.0 Å². The molecule has 0 amide bonds. The first-order valence-corrected chi connectivity index (χ1v) is 6.33. The molecule has 3 nitrogen and oxygen atoms in total. The van der Waals surface area contributed by atoms with Gasteiger partial charge in [-0.05, 0) is 30.0 Å². The highest BCUT2D eigenvalue weighted by molar-refractivity contribution is 9.10. The first kappa shape index (κ1) is 11.6. The van der Waals surface area contributed by atoms with Crippen molar-refractivity contribution in [3.63, 3.8) is 0 Å². The predicted octanol–water partition coefficient (Wildman–Crippen LogP) is 2.85. The Kier molecular flexibility index (Phi) is 3.93. The molecule has 2 N–H and O–H groups in total. The summed E-state index contributed by atoms with van der Waals surface area (Å²) in [5, 5.41) is 0.732. The van der Waals surface area contributed by atoms with Crippen molar-refractivity contribution in [2.24, 2.45) is 5.73 Å². The molecule has 0 aliphatic heterocycles. The Hall–Kier alpha value is -0.910. The van der Waals surface area contributed by atoms with Gasteiger partial charge in [-0.3, -0.25) is 0 Å². The van der Waals surface area contributed by atoms with E-state index in [9.17, 15) is 0 Å². The Labute approximate surface area is 107 Å². The maximum Gasteiger partial charge on any atom is 0.192 e. The quantitative estimate of drug-likeness (QED) is 0.885. The summed E-state index contributed by atoms with van der Waals surface area (Å²) in [5.41, 5.74) is 6.42. The standard InChI is InChI=1S/C11H10BrN3S/c12-9-2-1-3-10(4-9)16-11-14-6-8(5-13)7-15-11/h1-4,6-7H,5,13H2. The minimum absolute atomic E-state index is 0.474. The third-order valence-electron chi connectivity index (χ3n) is 1.92. The molecule has 0 spiro atoms. The summed E-state index contributed by atoms with van der Waals surface area (Å²) in [6, 6.07) is 8.03. The van der Waals surface area contributed by atoms with E-state index in [-0.39, 0.29) is 0 Å². The van der Waals surface area contributed by atoms with Crippen molar-refractivity contribution in [3.05, 3.63) is 46.7 Å². The normalized spacial score (nSPS) is 10.4. The Morgan fingerprint density at radius 2 is 2.00 bits per heavy atom. The van der Waals surface area contributed by atoms with Crippen LogP contribution in [0.2, 0.25) is 0 Å². The molecule has 2 aromatic rings. The van der Waals surface area contributed by atoms with Crippen LogP contribution in [0.25, 0.3) is 0 Å². The van der Waals surface area contributed by atoms with Gasteiger partial charge in [0.1, 0.15) is 0 Å². The van der Waals surface area contributed by atoms with Crippen LogP contribution >= 0.6 is 27.7 Å². The number of benzene rings is 1. The molecule has 1 heterocycles. The summed E-state index contributed by atoms with van der Waals surface area (Å²) >= 11 is 4.96. The van der Waals surface area contributed by atoms with Crippen LogP contribution in [0, 0.1) is 0 Å². The number of halogens is 1. The minimum Gasteiger partial charge on any atom is -0.326 e. The molecule has 0 aliphatic carbocycles. The van der Waals surface area contributed by atoms with Crippen LogP contribution in [-0.2, 0) is 6.54 Å². The largest absolute Gasteiger partial charge is 0.326 e. The molecule has 5 heteroatoms. The summed E-state index contributed by atoms with van der Waals surface area (Å²) in [4.78, 5) is 9.57. The Bertz CT molecular complexity index is 473. The monoisotopic (exact) mass is 295 g/mol. The lowest BCUT2D eigenvalue weighted by Crippen LogP contribution is -1.98. The number of nitrogens with two attached hydrogens (primary N) is 1. The lowest BCUT2D eigenvalue weighted by molar-refractivity contribution is 0.914. The highest BCUT2D eigenvalue weighted by Gasteiger charge is 2.00. The first-order valence-electron chi connectivity index (χ1n) is 4.72. The fourth-order valence-electron chi connectivity index (χ4n) is 1.14. The van der Waals surface area contributed by atoms with Gasteiger partial charge >= 0.3 is 0 Å². The second-order valence-corrected chi connectivity index (χ2v) is 5.09. The van der Waals surface area contributed by atoms with Gasteiger partial charge in [0, 0.05) is 33.9 Å². The molecule has 0 saturated heterocycles. The van der Waals surface area contributed by atoms with Crippen molar-refractivity contribution in [3.8, 4) is 0 Å². The number of hydrogen-bond acceptors (Lipinski definition) is 4. The molecule has 0 fully saturated rings. The molecule has 1 aromatic carbocycles. The number of nitrogens with zero attached hydrogens (tertiary/aromatic N) is 2. The summed E-state index contributed by atoms with van der Waals surface area (Å²) < 4.78 is 1.05. The third-order valence-corrected chi connectivity index (χ3v) is 3.30. The van der Waals surface area contributed by atoms with Crippen LogP contribution in [0.5, 0.6) is 0 Å². The second kappa shape index (κ2) is 5.43. The number of hydrogen-bond donors (Lipinski definition) is 1. The average molecular weight is 296 g/mol. The van der Waals surface area contributed by atoms with Crippen LogP contribution in [0.3, 0.4) is 0 Å². The SMILES string of the molecule is NCc1cnc(Sc2cccc(Br)c2)nc1. The Morgan fingerprint density at radius 1 is 1.25 bits per heavy atom. The summed E-state index contributed by atoms with van der Waals surface area (Å²) in [7, 11) is 0. The van der Waals surface area contributed by atoms with Crippen LogP contribution in [-0.4, -0.2) is 9.97 Å². The molecule has 0 saturated carbocycles. The molecule has 1 aromatic heterocycles. The summed E-state index contributed by atoms with van der Waals surface area (Å²) in [5.74, 6) is 0. The zero-order valence-corrected chi connectivity index (χ0v) is 10.8. The highest BCUT2D eigenvalue weighted by atomic mass is 79.9. The van der Waals surface area contributed by atoms with Crippen molar-refractivity contribution >= 4 is 27.7 Å². The molecule has 82 valence electrons. The highest BCUT2D eigenvalue weighted by Crippen LogP contribution is 2.26. The maximum atomic E-state index is 5.48. The van der Waals surface area contributed by atoms with Crippen LogP contribution < -0.4 is 5.73 Å². The van der Waals surface area contributed by atoms with Gasteiger partial charge in [-0.25, -0.2) is 9.97 Å². The molecule has 0 aliphatic rings. The number of rotatable bonds is 3. The zero-order chi connectivity index (χ0) is 11.4. The van der Waals surface area contributed by atoms with Crippen molar-refractivity contribution < 1.29 is 0 Å². The molecule has 16 heavy (non-hydrogen) atoms. The van der Waals surface area contributed by atoms with Gasteiger partial charge in [0.15, 0.2) is 5.16 Å². The minimum atomic E-state index is 0.474. The van der Waals surface area contributed by atoms with Crippen molar-refractivity contribution in [2.45, 2.75) is 16.6 Å². The summed E-state index contributed by atoms with van der Waals surface area (Å²) in [6.07, 6.45) is 3.51. The van der Waals surface area contributed by atoms with Crippen molar-refractivity contribution in [1.29, 1.82) is 0 Å². The van der Waals surface area contributed by atoms with Gasteiger partial charge in [-0.2, -0.15) is 0 Å². The van der Waals surface area contributed by atoms with Gasteiger partial charge in [0.2, 0.25) is 0 Å². The van der Waals surface area contributed by atoms with E-state index in [1.54, 1.807) is 12.4 Å². The Balaban J connectivity index is 2.14. The van der Waals surface area contributed by atoms with E-state index in [4.69, 9.17) is 5.73 Å². The zero-order valence-electron chi connectivity index (χ0n) is 8.43. The molecular weight excluding hydrogens is 286 g/mol. The van der Waals surface area contributed by atoms with E-state index < -0.39 is 0 Å². The Morgan fingerprint density at radius 3 is 2.62 bits per heavy atom. The summed E-state index contributed by atoms with van der Waals surface area (Å²) in [6.45, 7) is 0.474. The lowest BCUT2D eigenvalue weighted by atomic mass is 10.4. The molecule has 0 unspecified atom stereocenters. The van der Waals surface area contributed by atoms with Gasteiger partial charge in [0.25, 0.3) is 0 Å². The van der Waals surface area contributed by atoms with Crippen molar-refractivity contribution in [2.75, 3.05) is 0 Å². The van der Waals surface area contributed by atoms with E-state index in [0.717, 1.165) is 20.1 Å². The molecule has 2 rings (SSSR count). The predicted molar refractivity (Wildman–Crippen MR) is 68.2 cm³/mol. The fraction of sp³-hybridized carbons (Fsp3) is 0.0909. The molecular formula is C11H10BrN3S. The second-order valence-electron chi connectivity index (χ2n) is 3.14. The van der Waals surface area contributed by atoms with Crippen LogP contribution in [0.4, 0.5) is 0 Å². The smallest absolute Gasteiger partial charge is 0.192 e. The maximum absolute atomic E-state index is 5.48. The van der Waals surface area contributed by atoms with E-state index in [1.807, 2.05) is 24.3 Å². The van der Waals surface area contributed by atoms with E-state index in [1.165, 1.54) is 11.8 Å². The molecule has 0 atom stereocenters. The van der Waals surface area contributed by atoms with Gasteiger partial charge in [0.05, 0.1) is 0 Å². The van der Waals surface area contributed by atoms with Crippen LogP contribution in [0.15, 0.2) is 51.2 Å². The van der Waals surface area contributed by atoms with E-state index >= 15 is 0 Å². The molecule has 0 radical (unpaired) electrons. The first-order chi connectivity index (χ1) is 7.78. The van der Waals surface area contributed by atoms with Gasteiger partial charge in [-0.15, -0.1) is 0 Å².